The molecule has 1 aromatic rings. The van der Waals surface area contributed by atoms with Crippen LogP contribution in [0, 0.1) is 5.92 Å². The first-order valence-corrected chi connectivity index (χ1v) is 7.71. The Morgan fingerprint density at radius 2 is 1.89 bits per heavy atom. The van der Waals surface area contributed by atoms with Gasteiger partial charge in [-0.25, -0.2) is 0 Å². The van der Waals surface area contributed by atoms with Gasteiger partial charge >= 0.3 is 0 Å². The van der Waals surface area contributed by atoms with E-state index in [1.807, 2.05) is 0 Å². The minimum Gasteiger partial charge on any atom is -0.396 e. The maximum atomic E-state index is 9.20. The average molecular weight is 261 g/mol. The number of aliphatic hydroxyl groups is 1. The van der Waals surface area contributed by atoms with Gasteiger partial charge in [-0.1, -0.05) is 43.7 Å². The summed E-state index contributed by atoms with van der Waals surface area (Å²) in [4.78, 5) is 2.58. The second-order valence-electron chi connectivity index (χ2n) is 5.82. The van der Waals surface area contributed by atoms with Gasteiger partial charge in [-0.3, -0.25) is 0 Å². The third kappa shape index (κ3) is 4.32. The van der Waals surface area contributed by atoms with E-state index in [0.29, 0.717) is 18.4 Å². The Hall–Kier alpha value is -0.860. The van der Waals surface area contributed by atoms with Crippen LogP contribution in [-0.4, -0.2) is 36.2 Å². The summed E-state index contributed by atoms with van der Waals surface area (Å²) < 4.78 is 0. The van der Waals surface area contributed by atoms with Crippen molar-refractivity contribution in [2.75, 3.05) is 26.2 Å². The highest BCUT2D eigenvalue weighted by Crippen LogP contribution is 2.25. The van der Waals surface area contributed by atoms with Crippen LogP contribution in [0.5, 0.6) is 0 Å². The first kappa shape index (κ1) is 14.5. The van der Waals surface area contributed by atoms with Crippen molar-refractivity contribution in [2.45, 2.75) is 38.5 Å². The van der Waals surface area contributed by atoms with Crippen LogP contribution < -0.4 is 0 Å². The quantitative estimate of drug-likeness (QED) is 0.849. The molecule has 0 spiro atoms. The maximum Gasteiger partial charge on any atom is 0.0460 e. The van der Waals surface area contributed by atoms with Crippen LogP contribution >= 0.6 is 0 Å². The summed E-state index contributed by atoms with van der Waals surface area (Å²) in [5.41, 5.74) is 1.48. The lowest BCUT2D eigenvalue weighted by atomic mass is 9.92. The summed E-state index contributed by atoms with van der Waals surface area (Å²) >= 11 is 0. The summed E-state index contributed by atoms with van der Waals surface area (Å²) in [6.45, 7) is 6.12. The first-order valence-electron chi connectivity index (χ1n) is 7.71. The van der Waals surface area contributed by atoms with E-state index in [0.717, 1.165) is 25.9 Å². The molecule has 2 nitrogen and oxygen atoms in total. The maximum absolute atomic E-state index is 9.20. The molecule has 1 heterocycles. The Bertz CT molecular complexity index is 344. The van der Waals surface area contributed by atoms with Crippen molar-refractivity contribution in [2.24, 2.45) is 5.92 Å². The van der Waals surface area contributed by atoms with E-state index in [-0.39, 0.29) is 0 Å². The number of hydrogen-bond acceptors (Lipinski definition) is 2. The predicted octanol–water partition coefficient (Wildman–Crippen LogP) is 3.27. The lowest BCUT2D eigenvalue weighted by molar-refractivity contribution is 0.126. The number of likely N-dealkylation sites (tertiary alicyclic amines) is 1. The Morgan fingerprint density at radius 1 is 1.21 bits per heavy atom. The normalized spacial score (nSPS) is 19.5. The van der Waals surface area contributed by atoms with Crippen LogP contribution in [0.3, 0.4) is 0 Å². The van der Waals surface area contributed by atoms with Gasteiger partial charge in [-0.15, -0.1) is 0 Å². The van der Waals surface area contributed by atoms with Gasteiger partial charge in [0, 0.05) is 13.2 Å². The molecule has 1 saturated heterocycles. The Kier molecular flexibility index (Phi) is 5.87. The number of nitrogens with zero attached hydrogens (tertiary/aromatic N) is 1. The molecule has 0 amide bonds. The highest BCUT2D eigenvalue weighted by atomic mass is 16.3. The molecule has 1 aliphatic rings. The van der Waals surface area contributed by atoms with E-state index < -0.39 is 0 Å². The Morgan fingerprint density at radius 3 is 2.47 bits per heavy atom. The minimum absolute atomic E-state index is 0.366. The van der Waals surface area contributed by atoms with Gasteiger partial charge in [0.05, 0.1) is 0 Å². The highest BCUT2D eigenvalue weighted by molar-refractivity contribution is 5.19. The fourth-order valence-electron chi connectivity index (χ4n) is 3.10. The molecule has 1 aromatic carbocycles. The zero-order valence-corrected chi connectivity index (χ0v) is 12.1. The van der Waals surface area contributed by atoms with Gasteiger partial charge in [0.1, 0.15) is 0 Å². The van der Waals surface area contributed by atoms with Crippen LogP contribution in [0.15, 0.2) is 30.3 Å². The Labute approximate surface area is 117 Å². The largest absolute Gasteiger partial charge is 0.396 e. The standard InChI is InChI=1S/C17H27NO/c1-2-6-17(16-7-4-3-5-8-16)13-18-11-9-15(14-19)10-12-18/h3-5,7-8,15,17,19H,2,6,9-14H2,1H3. The SMILES string of the molecule is CCCC(CN1CCC(CO)CC1)c1ccccc1. The van der Waals surface area contributed by atoms with Gasteiger partial charge in [-0.05, 0) is 49.8 Å². The third-order valence-electron chi connectivity index (χ3n) is 4.35. The predicted molar refractivity (Wildman–Crippen MR) is 80.3 cm³/mol. The molecular weight excluding hydrogens is 234 g/mol. The smallest absolute Gasteiger partial charge is 0.0460 e. The molecule has 2 rings (SSSR count). The van der Waals surface area contributed by atoms with Gasteiger partial charge in [0.25, 0.3) is 0 Å². The number of benzene rings is 1. The first-order chi connectivity index (χ1) is 9.33. The molecule has 1 fully saturated rings. The van der Waals surface area contributed by atoms with Crippen LogP contribution in [0.4, 0.5) is 0 Å². The van der Waals surface area contributed by atoms with Crippen molar-refractivity contribution in [1.29, 1.82) is 0 Å². The van der Waals surface area contributed by atoms with Crippen molar-refractivity contribution >= 4 is 0 Å². The van der Waals surface area contributed by atoms with Crippen molar-refractivity contribution < 1.29 is 5.11 Å². The fraction of sp³-hybridized carbons (Fsp3) is 0.647. The molecule has 1 aliphatic heterocycles. The summed E-state index contributed by atoms with van der Waals surface area (Å²) in [5.74, 6) is 1.20. The van der Waals surface area contributed by atoms with Crippen molar-refractivity contribution in [3.05, 3.63) is 35.9 Å². The summed E-state index contributed by atoms with van der Waals surface area (Å²) in [6, 6.07) is 10.9. The van der Waals surface area contributed by atoms with E-state index >= 15 is 0 Å². The average Bonchev–Trinajstić information content (AvgIpc) is 2.48. The van der Waals surface area contributed by atoms with Crippen molar-refractivity contribution in [1.82, 2.24) is 4.90 Å². The number of aliphatic hydroxyl groups excluding tert-OH is 1. The van der Waals surface area contributed by atoms with Crippen LogP contribution in [-0.2, 0) is 0 Å². The summed E-state index contributed by atoms with van der Waals surface area (Å²) in [7, 11) is 0. The number of rotatable bonds is 6. The van der Waals surface area contributed by atoms with E-state index in [4.69, 9.17) is 0 Å². The van der Waals surface area contributed by atoms with E-state index in [9.17, 15) is 5.11 Å². The van der Waals surface area contributed by atoms with E-state index in [1.165, 1.54) is 24.9 Å². The Balaban J connectivity index is 1.91. The lowest BCUT2D eigenvalue weighted by Gasteiger charge is -2.33. The van der Waals surface area contributed by atoms with Crippen LogP contribution in [0.2, 0.25) is 0 Å². The third-order valence-corrected chi connectivity index (χ3v) is 4.35. The molecule has 0 aromatic heterocycles. The second kappa shape index (κ2) is 7.66. The van der Waals surface area contributed by atoms with E-state index in [2.05, 4.69) is 42.2 Å². The van der Waals surface area contributed by atoms with E-state index in [1.54, 1.807) is 0 Å². The monoisotopic (exact) mass is 261 g/mol. The molecule has 0 aliphatic carbocycles. The topological polar surface area (TPSA) is 23.5 Å². The van der Waals surface area contributed by atoms with Crippen molar-refractivity contribution in [3.63, 3.8) is 0 Å². The second-order valence-corrected chi connectivity index (χ2v) is 5.82. The number of hydrogen-bond donors (Lipinski definition) is 1. The van der Waals surface area contributed by atoms with Gasteiger partial charge in [-0.2, -0.15) is 0 Å². The highest BCUT2D eigenvalue weighted by Gasteiger charge is 2.21. The molecule has 19 heavy (non-hydrogen) atoms. The number of piperidine rings is 1. The molecular formula is C17H27NO. The summed E-state index contributed by atoms with van der Waals surface area (Å²) in [5, 5.41) is 9.20. The molecule has 106 valence electrons. The molecule has 0 bridgehead atoms. The zero-order valence-electron chi connectivity index (χ0n) is 12.1. The molecule has 0 saturated carbocycles. The molecule has 1 N–H and O–H groups in total. The fourth-order valence-corrected chi connectivity index (χ4v) is 3.10. The van der Waals surface area contributed by atoms with Crippen LogP contribution in [0.25, 0.3) is 0 Å². The molecule has 1 atom stereocenters. The summed E-state index contributed by atoms with van der Waals surface area (Å²) in [6.07, 6.45) is 4.82. The van der Waals surface area contributed by atoms with Crippen LogP contribution in [0.1, 0.15) is 44.1 Å². The molecule has 0 radical (unpaired) electrons. The zero-order chi connectivity index (χ0) is 13.5. The minimum atomic E-state index is 0.366. The van der Waals surface area contributed by atoms with Gasteiger partial charge in [0.2, 0.25) is 0 Å². The lowest BCUT2D eigenvalue weighted by Crippen LogP contribution is -2.37. The molecule has 1 unspecified atom stereocenters. The van der Waals surface area contributed by atoms with Crippen molar-refractivity contribution in [3.8, 4) is 0 Å². The van der Waals surface area contributed by atoms with Gasteiger partial charge in [0.15, 0.2) is 0 Å². The van der Waals surface area contributed by atoms with Gasteiger partial charge < -0.3 is 10.0 Å². The molecule has 2 heteroatoms.